The predicted octanol–water partition coefficient (Wildman–Crippen LogP) is 2.02. The highest BCUT2D eigenvalue weighted by molar-refractivity contribution is 5.91. The van der Waals surface area contributed by atoms with Gasteiger partial charge < -0.3 is 38.6 Å². The molecule has 276 valence electrons. The molecule has 4 bridgehead atoms. The summed E-state index contributed by atoms with van der Waals surface area (Å²) in [6.07, 6.45) is -5.96. The Hall–Kier alpha value is -4.40. The van der Waals surface area contributed by atoms with Gasteiger partial charge in [-0.1, -0.05) is 43.8 Å². The van der Waals surface area contributed by atoms with Crippen molar-refractivity contribution in [3.8, 4) is 0 Å². The zero-order chi connectivity index (χ0) is 37.7. The van der Waals surface area contributed by atoms with E-state index in [0.717, 1.165) is 27.7 Å². The van der Waals surface area contributed by atoms with E-state index in [1.54, 1.807) is 31.2 Å². The SMILES string of the molecule is C=C1[C@@H](OC(=O)/C=C/c2ccccc2)C[C@H](OC(C)=O)[C@@]2(CO)[C@@H](OC(C)=O)[C@H](OC(C)=O)[C@]3(O)C4(C)CO[C@]3(C)C(=O)C[C@H]4[C@@H](OC(C)=O)[C@H]12. The van der Waals surface area contributed by atoms with Crippen LogP contribution in [0.15, 0.2) is 48.6 Å². The second-order valence-corrected chi connectivity index (χ2v) is 14.2. The number of carbonyl (C=O) groups excluding carboxylic acids is 6. The van der Waals surface area contributed by atoms with E-state index < -0.39 is 107 Å². The van der Waals surface area contributed by atoms with Crippen molar-refractivity contribution in [3.05, 3.63) is 54.1 Å². The van der Waals surface area contributed by atoms with Gasteiger partial charge in [0.05, 0.1) is 18.6 Å². The molecule has 4 fully saturated rings. The highest BCUT2D eigenvalue weighted by Gasteiger charge is 2.83. The highest BCUT2D eigenvalue weighted by Crippen LogP contribution is 2.67. The van der Waals surface area contributed by atoms with Crippen LogP contribution in [-0.4, -0.2) is 101 Å². The van der Waals surface area contributed by atoms with Gasteiger partial charge in [0.15, 0.2) is 23.6 Å². The lowest BCUT2D eigenvalue weighted by Gasteiger charge is -2.65. The van der Waals surface area contributed by atoms with E-state index in [1.165, 1.54) is 19.1 Å². The topological polar surface area (TPSA) is 198 Å². The lowest BCUT2D eigenvalue weighted by atomic mass is 9.43. The minimum Gasteiger partial charge on any atom is -0.462 e. The fourth-order valence-electron chi connectivity index (χ4n) is 9.06. The molecule has 3 saturated carbocycles. The number of ether oxygens (including phenoxy) is 6. The zero-order valence-electron chi connectivity index (χ0n) is 29.4. The molecule has 14 heteroatoms. The first-order chi connectivity index (χ1) is 23.9. The van der Waals surface area contributed by atoms with Crippen LogP contribution in [0.5, 0.6) is 0 Å². The molecule has 1 aromatic rings. The summed E-state index contributed by atoms with van der Waals surface area (Å²) in [7, 11) is 0. The van der Waals surface area contributed by atoms with Crippen LogP contribution in [0, 0.1) is 22.7 Å². The summed E-state index contributed by atoms with van der Waals surface area (Å²) < 4.78 is 35.6. The van der Waals surface area contributed by atoms with E-state index >= 15 is 0 Å². The predicted molar refractivity (Wildman–Crippen MR) is 175 cm³/mol. The van der Waals surface area contributed by atoms with Gasteiger partial charge in [-0.3, -0.25) is 24.0 Å². The number of aliphatic hydroxyl groups is 2. The first kappa shape index (κ1) is 37.8. The first-order valence-corrected chi connectivity index (χ1v) is 16.7. The van der Waals surface area contributed by atoms with Crippen LogP contribution in [0.25, 0.3) is 6.08 Å². The van der Waals surface area contributed by atoms with Gasteiger partial charge in [0, 0.05) is 63.9 Å². The van der Waals surface area contributed by atoms with Gasteiger partial charge in [-0.2, -0.15) is 0 Å². The molecule has 1 aliphatic heterocycles. The Bertz CT molecular complexity index is 1650. The van der Waals surface area contributed by atoms with E-state index in [1.807, 2.05) is 6.07 Å². The zero-order valence-corrected chi connectivity index (χ0v) is 29.4. The Morgan fingerprint density at radius 1 is 0.902 bits per heavy atom. The van der Waals surface area contributed by atoms with Gasteiger partial charge in [0.25, 0.3) is 0 Å². The molecule has 4 aliphatic rings. The molecule has 0 amide bonds. The average Bonchev–Trinajstić information content (AvgIpc) is 3.19. The number of ketones is 1. The molecule has 1 aromatic carbocycles. The summed E-state index contributed by atoms with van der Waals surface area (Å²) in [6, 6.07) is 8.93. The monoisotopic (exact) mass is 712 g/mol. The number of rotatable bonds is 8. The van der Waals surface area contributed by atoms with Gasteiger partial charge in [0.1, 0.15) is 23.9 Å². The van der Waals surface area contributed by atoms with E-state index in [-0.39, 0.29) is 25.0 Å². The van der Waals surface area contributed by atoms with Gasteiger partial charge in [0.2, 0.25) is 0 Å². The Balaban J connectivity index is 1.79. The summed E-state index contributed by atoms with van der Waals surface area (Å²) in [5.41, 5.74) is -7.37. The largest absolute Gasteiger partial charge is 0.462 e. The minimum atomic E-state index is -2.47. The number of fused-ring (bicyclic) bond motifs is 1. The Kier molecular flexibility index (Phi) is 10.1. The Morgan fingerprint density at radius 2 is 1.49 bits per heavy atom. The maximum absolute atomic E-state index is 14.1. The minimum absolute atomic E-state index is 0.0626. The van der Waals surface area contributed by atoms with Gasteiger partial charge in [-0.15, -0.1) is 0 Å². The average molecular weight is 713 g/mol. The van der Waals surface area contributed by atoms with Crippen molar-refractivity contribution in [1.82, 2.24) is 0 Å². The second-order valence-electron chi connectivity index (χ2n) is 14.2. The number of esters is 5. The van der Waals surface area contributed by atoms with Crippen molar-refractivity contribution in [2.75, 3.05) is 13.2 Å². The van der Waals surface area contributed by atoms with Crippen molar-refractivity contribution in [3.63, 3.8) is 0 Å². The molecule has 1 saturated heterocycles. The number of hydrogen-bond acceptors (Lipinski definition) is 14. The molecular formula is C37H44O14. The van der Waals surface area contributed by atoms with E-state index in [4.69, 9.17) is 28.4 Å². The third-order valence-corrected chi connectivity index (χ3v) is 11.3. The van der Waals surface area contributed by atoms with Gasteiger partial charge >= 0.3 is 29.8 Å². The van der Waals surface area contributed by atoms with Crippen LogP contribution in [0.4, 0.5) is 0 Å². The third-order valence-electron chi connectivity index (χ3n) is 11.3. The number of Topliss-reactive ketones (excluding diaryl/α,β-unsaturated/α-hetero) is 1. The maximum Gasteiger partial charge on any atom is 0.331 e. The summed E-state index contributed by atoms with van der Waals surface area (Å²) in [5, 5.41) is 24.7. The van der Waals surface area contributed by atoms with Crippen LogP contribution >= 0.6 is 0 Å². The van der Waals surface area contributed by atoms with Crippen LogP contribution in [0.2, 0.25) is 0 Å². The molecule has 14 nitrogen and oxygen atoms in total. The third kappa shape index (κ3) is 5.96. The number of aliphatic hydroxyl groups excluding tert-OH is 1. The van der Waals surface area contributed by atoms with Crippen LogP contribution in [0.3, 0.4) is 0 Å². The highest BCUT2D eigenvalue weighted by atomic mass is 16.6. The fourth-order valence-corrected chi connectivity index (χ4v) is 9.06. The molecule has 0 spiro atoms. The van der Waals surface area contributed by atoms with Gasteiger partial charge in [-0.05, 0) is 24.1 Å². The molecule has 3 aliphatic carbocycles. The summed E-state index contributed by atoms with van der Waals surface area (Å²) >= 11 is 0. The lowest BCUT2D eigenvalue weighted by molar-refractivity contribution is -0.302. The van der Waals surface area contributed by atoms with Crippen LogP contribution < -0.4 is 0 Å². The van der Waals surface area contributed by atoms with Crippen molar-refractivity contribution < 1.29 is 67.4 Å². The summed E-state index contributed by atoms with van der Waals surface area (Å²) in [5.74, 6) is -7.50. The summed E-state index contributed by atoms with van der Waals surface area (Å²) in [4.78, 5) is 79.0. The van der Waals surface area contributed by atoms with Crippen molar-refractivity contribution in [2.24, 2.45) is 22.7 Å². The molecule has 5 rings (SSSR count). The van der Waals surface area contributed by atoms with Crippen molar-refractivity contribution in [2.45, 2.75) is 96.1 Å². The van der Waals surface area contributed by atoms with Crippen LogP contribution in [0.1, 0.15) is 59.9 Å². The number of carbonyl (C=O) groups is 6. The maximum atomic E-state index is 14.1. The molecule has 11 atom stereocenters. The molecular weight excluding hydrogens is 668 g/mol. The smallest absolute Gasteiger partial charge is 0.331 e. The standard InChI is InChI=1S/C37H44O14/c1-19-26(51-29(44)14-13-24-11-9-8-10-12-24)16-28(47-20(2)39)36(17-38)30(19)31(48-21(3)40)25-15-27(43)35(7)37(45,34(25,6)18-46-35)33(50-23(5)42)32(36)49-22(4)41/h8-14,25-26,28,30-33,38,45H,1,15-18H2,2-7H3/b14-13+/t25-,26-,28-,30-,31+,32-,33-,34?,35+,36+,37-/m0/s1. The number of hydrogen-bond donors (Lipinski definition) is 2. The normalized spacial score (nSPS) is 38.5. The lowest BCUT2D eigenvalue weighted by Crippen LogP contribution is -2.81. The van der Waals surface area contributed by atoms with E-state index in [2.05, 4.69) is 6.58 Å². The van der Waals surface area contributed by atoms with Crippen molar-refractivity contribution >= 4 is 41.7 Å². The van der Waals surface area contributed by atoms with E-state index in [9.17, 15) is 39.0 Å². The fraction of sp³-hybridized carbons (Fsp3) is 0.568. The summed E-state index contributed by atoms with van der Waals surface area (Å²) in [6.45, 7) is 10.2. The second kappa shape index (κ2) is 13.6. The molecule has 0 radical (unpaired) electrons. The Labute approximate surface area is 295 Å². The molecule has 51 heavy (non-hydrogen) atoms. The Morgan fingerprint density at radius 3 is 2.06 bits per heavy atom. The first-order valence-electron chi connectivity index (χ1n) is 16.7. The quantitative estimate of drug-likeness (QED) is 0.172. The molecule has 1 unspecified atom stereocenters. The van der Waals surface area contributed by atoms with E-state index in [0.29, 0.717) is 5.56 Å². The molecule has 2 N–H and O–H groups in total. The van der Waals surface area contributed by atoms with Crippen molar-refractivity contribution in [1.29, 1.82) is 0 Å². The number of benzene rings is 1. The van der Waals surface area contributed by atoms with Gasteiger partial charge in [-0.25, -0.2) is 4.79 Å². The van der Waals surface area contributed by atoms with Crippen LogP contribution in [-0.2, 0) is 57.2 Å². The molecule has 0 aromatic heterocycles. The molecule has 1 heterocycles.